The highest BCUT2D eigenvalue weighted by Crippen LogP contribution is 2.22. The van der Waals surface area contributed by atoms with Crippen molar-refractivity contribution in [1.82, 2.24) is 5.01 Å². The molecule has 6 heteroatoms. The van der Waals surface area contributed by atoms with Gasteiger partial charge < -0.3 is 10.8 Å². The summed E-state index contributed by atoms with van der Waals surface area (Å²) in [7, 11) is 1.73. The maximum atomic E-state index is 11.5. The first kappa shape index (κ1) is 13.4. The number of amides is 1. The molecule has 1 aromatic rings. The van der Waals surface area contributed by atoms with Gasteiger partial charge >= 0.3 is 5.97 Å². The Hall–Kier alpha value is -2.08. The van der Waals surface area contributed by atoms with Gasteiger partial charge in [0.2, 0.25) is 5.91 Å². The molecule has 1 amide bonds. The monoisotopic (exact) mass is 263 g/mol. The van der Waals surface area contributed by atoms with E-state index in [2.05, 4.69) is 0 Å². The lowest BCUT2D eigenvalue weighted by molar-refractivity contribution is -0.138. The van der Waals surface area contributed by atoms with E-state index in [0.717, 1.165) is 11.3 Å². The number of hydrogen-bond donors (Lipinski definition) is 2. The van der Waals surface area contributed by atoms with Crippen LogP contribution < -0.4 is 10.7 Å². The molecule has 1 aromatic carbocycles. The third kappa shape index (κ3) is 2.85. The first-order valence-corrected chi connectivity index (χ1v) is 6.10. The second-order valence-electron chi connectivity index (χ2n) is 4.61. The molecule has 1 unspecified atom stereocenters. The standard InChI is InChI=1S/C13H17N3O3/c1-15-12(17)5-6-16(15)10-4-2-3-9(7-10)8-11(14)13(18)19/h2-4,7,11H,5-6,8,14H2,1H3,(H,18,19). The highest BCUT2D eigenvalue weighted by Gasteiger charge is 2.25. The van der Waals surface area contributed by atoms with Crippen molar-refractivity contribution in [3.05, 3.63) is 29.8 Å². The van der Waals surface area contributed by atoms with Crippen LogP contribution in [0.15, 0.2) is 24.3 Å². The zero-order valence-corrected chi connectivity index (χ0v) is 10.7. The molecule has 6 nitrogen and oxygen atoms in total. The zero-order chi connectivity index (χ0) is 14.0. The molecule has 3 N–H and O–H groups in total. The van der Waals surface area contributed by atoms with E-state index in [0.29, 0.717) is 13.0 Å². The first-order chi connectivity index (χ1) is 8.99. The van der Waals surface area contributed by atoms with Crippen molar-refractivity contribution in [3.63, 3.8) is 0 Å². The summed E-state index contributed by atoms with van der Waals surface area (Å²) in [6, 6.07) is 6.54. The van der Waals surface area contributed by atoms with E-state index in [1.165, 1.54) is 0 Å². The number of benzene rings is 1. The van der Waals surface area contributed by atoms with E-state index >= 15 is 0 Å². The number of carboxylic acid groups (broad SMARTS) is 1. The van der Waals surface area contributed by atoms with Crippen LogP contribution >= 0.6 is 0 Å². The molecule has 1 saturated heterocycles. The fourth-order valence-corrected chi connectivity index (χ4v) is 2.14. The highest BCUT2D eigenvalue weighted by molar-refractivity contribution is 5.81. The maximum absolute atomic E-state index is 11.5. The van der Waals surface area contributed by atoms with Crippen LogP contribution in [0.25, 0.3) is 0 Å². The average Bonchev–Trinajstić information content (AvgIpc) is 2.70. The van der Waals surface area contributed by atoms with Crippen molar-refractivity contribution in [2.24, 2.45) is 5.73 Å². The Labute approximate surface area is 111 Å². The second kappa shape index (κ2) is 5.27. The second-order valence-corrected chi connectivity index (χ2v) is 4.61. The lowest BCUT2D eigenvalue weighted by Gasteiger charge is -2.26. The van der Waals surface area contributed by atoms with Crippen LogP contribution in [0, 0.1) is 0 Å². The molecular weight excluding hydrogens is 246 g/mol. The first-order valence-electron chi connectivity index (χ1n) is 6.10. The number of nitrogens with two attached hydrogens (primary N) is 1. The number of rotatable bonds is 4. The number of carbonyl (C=O) groups excluding carboxylic acids is 1. The van der Waals surface area contributed by atoms with Crippen molar-refractivity contribution in [2.45, 2.75) is 18.9 Å². The molecular formula is C13H17N3O3. The van der Waals surface area contributed by atoms with Crippen LogP contribution in [0.3, 0.4) is 0 Å². The van der Waals surface area contributed by atoms with Gasteiger partial charge in [0.15, 0.2) is 0 Å². The summed E-state index contributed by atoms with van der Waals surface area (Å²) in [5.41, 5.74) is 7.25. The summed E-state index contributed by atoms with van der Waals surface area (Å²) >= 11 is 0. The van der Waals surface area contributed by atoms with Gasteiger partial charge in [0.25, 0.3) is 0 Å². The molecule has 1 aliphatic rings. The molecule has 102 valence electrons. The number of hydrogen-bond acceptors (Lipinski definition) is 4. The minimum Gasteiger partial charge on any atom is -0.480 e. The molecule has 0 spiro atoms. The Bertz CT molecular complexity index is 504. The quantitative estimate of drug-likeness (QED) is 0.811. The van der Waals surface area contributed by atoms with E-state index in [9.17, 15) is 9.59 Å². The van der Waals surface area contributed by atoms with Crippen LogP contribution in [0.5, 0.6) is 0 Å². The normalized spacial score (nSPS) is 16.8. The topological polar surface area (TPSA) is 86.9 Å². The van der Waals surface area contributed by atoms with E-state index in [1.807, 2.05) is 29.3 Å². The number of carboxylic acids is 1. The Morgan fingerprint density at radius 1 is 1.53 bits per heavy atom. The Morgan fingerprint density at radius 2 is 2.26 bits per heavy atom. The van der Waals surface area contributed by atoms with Crippen molar-refractivity contribution >= 4 is 17.6 Å². The fourth-order valence-electron chi connectivity index (χ4n) is 2.14. The van der Waals surface area contributed by atoms with Crippen LogP contribution in [0.2, 0.25) is 0 Å². The van der Waals surface area contributed by atoms with Crippen molar-refractivity contribution in [1.29, 1.82) is 0 Å². The largest absolute Gasteiger partial charge is 0.480 e. The summed E-state index contributed by atoms with van der Waals surface area (Å²) in [6.45, 7) is 0.643. The van der Waals surface area contributed by atoms with Gasteiger partial charge in [-0.25, -0.2) is 0 Å². The SMILES string of the molecule is CN1C(=O)CCN1c1cccc(CC(N)C(=O)O)c1. The van der Waals surface area contributed by atoms with E-state index in [1.54, 1.807) is 12.1 Å². The van der Waals surface area contributed by atoms with Gasteiger partial charge in [-0.2, -0.15) is 0 Å². The predicted molar refractivity (Wildman–Crippen MR) is 70.5 cm³/mol. The summed E-state index contributed by atoms with van der Waals surface area (Å²) in [5.74, 6) is -0.938. The molecule has 19 heavy (non-hydrogen) atoms. The number of hydrazine groups is 1. The van der Waals surface area contributed by atoms with E-state index in [-0.39, 0.29) is 12.3 Å². The van der Waals surface area contributed by atoms with Crippen molar-refractivity contribution in [3.8, 4) is 0 Å². The predicted octanol–water partition coefficient (Wildman–Crippen LogP) is 0.225. The molecule has 0 aliphatic carbocycles. The highest BCUT2D eigenvalue weighted by atomic mass is 16.4. The molecule has 0 aromatic heterocycles. The van der Waals surface area contributed by atoms with Crippen LogP contribution in [-0.2, 0) is 16.0 Å². The van der Waals surface area contributed by atoms with Gasteiger partial charge in [-0.15, -0.1) is 0 Å². The molecule has 0 bridgehead atoms. The average molecular weight is 263 g/mol. The minimum absolute atomic E-state index is 0.0765. The van der Waals surface area contributed by atoms with E-state index < -0.39 is 12.0 Å². The number of carbonyl (C=O) groups is 2. The zero-order valence-electron chi connectivity index (χ0n) is 10.7. The smallest absolute Gasteiger partial charge is 0.320 e. The Morgan fingerprint density at radius 3 is 2.84 bits per heavy atom. The van der Waals surface area contributed by atoms with Gasteiger partial charge in [0.05, 0.1) is 5.69 Å². The molecule has 1 aliphatic heterocycles. The minimum atomic E-state index is -1.01. The number of anilines is 1. The molecule has 0 saturated carbocycles. The molecule has 1 heterocycles. The lowest BCUT2D eigenvalue weighted by Crippen LogP contribution is -2.35. The molecule has 0 radical (unpaired) electrons. The maximum Gasteiger partial charge on any atom is 0.320 e. The van der Waals surface area contributed by atoms with Crippen molar-refractivity contribution in [2.75, 3.05) is 18.6 Å². The van der Waals surface area contributed by atoms with Crippen LogP contribution in [0.4, 0.5) is 5.69 Å². The van der Waals surface area contributed by atoms with Crippen LogP contribution in [0.1, 0.15) is 12.0 Å². The lowest BCUT2D eigenvalue weighted by atomic mass is 10.1. The molecule has 2 rings (SSSR count). The third-order valence-electron chi connectivity index (χ3n) is 3.24. The third-order valence-corrected chi connectivity index (χ3v) is 3.24. The number of nitrogens with zero attached hydrogens (tertiary/aromatic N) is 2. The summed E-state index contributed by atoms with van der Waals surface area (Å²) < 4.78 is 0. The van der Waals surface area contributed by atoms with Gasteiger partial charge in [0, 0.05) is 20.0 Å². The number of aliphatic carboxylic acids is 1. The molecule has 1 fully saturated rings. The van der Waals surface area contributed by atoms with Gasteiger partial charge in [0.1, 0.15) is 6.04 Å². The van der Waals surface area contributed by atoms with Gasteiger partial charge in [-0.3, -0.25) is 19.6 Å². The summed E-state index contributed by atoms with van der Waals surface area (Å²) in [6.07, 6.45) is 0.768. The van der Waals surface area contributed by atoms with E-state index in [4.69, 9.17) is 10.8 Å². The van der Waals surface area contributed by atoms with Crippen molar-refractivity contribution < 1.29 is 14.7 Å². The van der Waals surface area contributed by atoms with Gasteiger partial charge in [-0.05, 0) is 24.1 Å². The molecule has 1 atom stereocenters. The fraction of sp³-hybridized carbons (Fsp3) is 0.385. The summed E-state index contributed by atoms with van der Waals surface area (Å²) in [5, 5.41) is 12.3. The van der Waals surface area contributed by atoms with Crippen LogP contribution in [-0.4, -0.2) is 41.6 Å². The van der Waals surface area contributed by atoms with Gasteiger partial charge in [-0.1, -0.05) is 12.1 Å². The summed E-state index contributed by atoms with van der Waals surface area (Å²) in [4.78, 5) is 22.2. The Kier molecular flexibility index (Phi) is 3.71. The Balaban J connectivity index is 2.15.